The average Bonchev–Trinajstić information content (AvgIpc) is 2.07. The average molecular weight is 196 g/mol. The van der Waals surface area contributed by atoms with Gasteiger partial charge in [0.05, 0.1) is 0 Å². The summed E-state index contributed by atoms with van der Waals surface area (Å²) in [5.41, 5.74) is 0. The van der Waals surface area contributed by atoms with Gasteiger partial charge in [0.15, 0.2) is 6.29 Å². The zero-order valence-corrected chi connectivity index (χ0v) is 8.65. The van der Waals surface area contributed by atoms with E-state index in [1.807, 2.05) is 0 Å². The monoisotopic (exact) mass is 196 g/mol. The topological polar surface area (TPSA) is 87.0 Å². The number of aliphatic hydroxyl groups is 2. The number of methoxy groups -OCH3 is 1. The van der Waals surface area contributed by atoms with E-state index >= 15 is 0 Å². The fraction of sp³-hybridized carbons (Fsp3) is 0.875. The highest BCUT2D eigenvalue weighted by Gasteiger charge is 1.83. The Morgan fingerprint density at radius 1 is 1.31 bits per heavy atom. The van der Waals surface area contributed by atoms with Crippen molar-refractivity contribution in [2.24, 2.45) is 0 Å². The molecule has 0 rings (SSSR count). The summed E-state index contributed by atoms with van der Waals surface area (Å²) in [6, 6.07) is 0. The summed E-state index contributed by atoms with van der Waals surface area (Å²) in [5.74, 6) is -0.745. The smallest absolute Gasteiger partial charge is 0.303 e. The number of carboxylic acid groups (broad SMARTS) is 1. The Labute approximate surface area is 79.0 Å². The Balaban J connectivity index is -0.000000120. The molecule has 0 bridgehead atoms. The van der Waals surface area contributed by atoms with Gasteiger partial charge in [0.25, 0.3) is 0 Å². The van der Waals surface area contributed by atoms with Crippen molar-refractivity contribution in [1.29, 1.82) is 0 Å². The third-order valence-corrected chi connectivity index (χ3v) is 0.668. The first-order chi connectivity index (χ1) is 5.95. The zero-order chi connectivity index (χ0) is 11.3. The van der Waals surface area contributed by atoms with E-state index in [1.165, 1.54) is 0 Å². The maximum Gasteiger partial charge on any atom is 0.303 e. The highest BCUT2D eigenvalue weighted by Crippen LogP contribution is 1.77. The highest BCUT2D eigenvalue weighted by molar-refractivity contribution is 5.66. The fourth-order valence-corrected chi connectivity index (χ4v) is 0. The molecule has 0 atom stereocenters. The van der Waals surface area contributed by atoms with Crippen LogP contribution in [0.3, 0.4) is 0 Å². The van der Waals surface area contributed by atoms with Gasteiger partial charge in [-0.15, -0.1) is 0 Å². The maximum atomic E-state index is 9.37. The molecule has 0 unspecified atom stereocenters. The second kappa shape index (κ2) is 17.4. The zero-order valence-electron chi connectivity index (χ0n) is 8.65. The lowest BCUT2D eigenvalue weighted by atomic mass is 10.5. The van der Waals surface area contributed by atoms with Gasteiger partial charge in [-0.2, -0.15) is 0 Å². The molecule has 13 heavy (non-hydrogen) atoms. The molecule has 82 valence electrons. The molecule has 0 heterocycles. The first-order valence-electron chi connectivity index (χ1n) is 3.94. The molecule has 0 saturated carbocycles. The van der Waals surface area contributed by atoms with E-state index in [9.17, 15) is 4.79 Å². The Hall–Kier alpha value is -0.650. The standard InChI is InChI=1S/C3H8O2.C3H6O2.C2H6O/c2*1-2-3(4)5;1-3-2/h3-5H,2H2,1H3;2H2,1H3,(H,4,5);1-2H3. The van der Waals surface area contributed by atoms with Crippen LogP contribution < -0.4 is 0 Å². The summed E-state index contributed by atoms with van der Waals surface area (Å²) in [6.45, 7) is 3.30. The molecule has 0 aliphatic carbocycles. The Morgan fingerprint density at radius 3 is 1.46 bits per heavy atom. The van der Waals surface area contributed by atoms with E-state index < -0.39 is 12.3 Å². The van der Waals surface area contributed by atoms with Gasteiger partial charge in [-0.25, -0.2) is 0 Å². The molecule has 0 saturated heterocycles. The summed E-state index contributed by atoms with van der Waals surface area (Å²) in [6.07, 6.45) is -0.477. The molecule has 0 fully saturated rings. The van der Waals surface area contributed by atoms with Gasteiger partial charge < -0.3 is 20.1 Å². The maximum absolute atomic E-state index is 9.37. The quantitative estimate of drug-likeness (QED) is 0.558. The minimum absolute atomic E-state index is 0.222. The number of hydrogen-bond donors (Lipinski definition) is 3. The van der Waals surface area contributed by atoms with Crippen LogP contribution in [0.1, 0.15) is 26.7 Å². The SMILES string of the molecule is CCC(=O)O.CCC(O)O.COC. The number of aliphatic carboxylic acids is 1. The van der Waals surface area contributed by atoms with Gasteiger partial charge >= 0.3 is 5.97 Å². The number of carboxylic acids is 1. The van der Waals surface area contributed by atoms with Crippen molar-refractivity contribution < 1.29 is 24.9 Å². The van der Waals surface area contributed by atoms with Gasteiger partial charge in [-0.3, -0.25) is 4.79 Å². The Bertz CT molecular complexity index is 92.5. The van der Waals surface area contributed by atoms with E-state index in [4.69, 9.17) is 15.3 Å². The molecule has 0 aromatic carbocycles. The van der Waals surface area contributed by atoms with E-state index in [2.05, 4.69) is 4.74 Å². The third-order valence-electron chi connectivity index (χ3n) is 0.668. The second-order valence-electron chi connectivity index (χ2n) is 2.04. The molecule has 0 aliphatic rings. The second-order valence-corrected chi connectivity index (χ2v) is 2.04. The van der Waals surface area contributed by atoms with E-state index in [1.54, 1.807) is 28.1 Å². The normalized spacial score (nSPS) is 7.92. The van der Waals surface area contributed by atoms with Crippen LogP contribution >= 0.6 is 0 Å². The number of ether oxygens (including phenoxy) is 1. The molecule has 0 spiro atoms. The lowest BCUT2D eigenvalue weighted by Gasteiger charge is -1.90. The minimum Gasteiger partial charge on any atom is -0.481 e. The molecule has 0 aromatic heterocycles. The van der Waals surface area contributed by atoms with Crippen molar-refractivity contribution >= 4 is 5.97 Å². The summed E-state index contributed by atoms with van der Waals surface area (Å²) in [5, 5.41) is 23.6. The predicted molar refractivity (Wildman–Crippen MR) is 49.4 cm³/mol. The van der Waals surface area contributed by atoms with Gasteiger partial charge in [0.1, 0.15) is 0 Å². The van der Waals surface area contributed by atoms with Crippen molar-refractivity contribution in [3.8, 4) is 0 Å². The summed E-state index contributed by atoms with van der Waals surface area (Å²) >= 11 is 0. The molecule has 0 amide bonds. The van der Waals surface area contributed by atoms with Gasteiger partial charge in [-0.05, 0) is 6.42 Å². The summed E-state index contributed by atoms with van der Waals surface area (Å²) in [7, 11) is 3.25. The van der Waals surface area contributed by atoms with E-state index in [0.717, 1.165) is 0 Å². The van der Waals surface area contributed by atoms with Crippen LogP contribution in [-0.4, -0.2) is 41.8 Å². The van der Waals surface area contributed by atoms with E-state index in [-0.39, 0.29) is 6.42 Å². The number of hydrogen-bond acceptors (Lipinski definition) is 4. The first-order valence-corrected chi connectivity index (χ1v) is 3.94. The lowest BCUT2D eigenvalue weighted by Crippen LogP contribution is -1.99. The van der Waals surface area contributed by atoms with Crippen LogP contribution in [0.4, 0.5) is 0 Å². The molecule has 3 N–H and O–H groups in total. The van der Waals surface area contributed by atoms with Gasteiger partial charge in [-0.1, -0.05) is 13.8 Å². The highest BCUT2D eigenvalue weighted by atomic mass is 16.5. The van der Waals surface area contributed by atoms with Crippen molar-refractivity contribution in [3.63, 3.8) is 0 Å². The molecular weight excluding hydrogens is 176 g/mol. The predicted octanol–water partition coefficient (Wildman–Crippen LogP) is 0.451. The van der Waals surface area contributed by atoms with Crippen LogP contribution in [0, 0.1) is 0 Å². The number of carbonyl (C=O) groups is 1. The lowest BCUT2D eigenvalue weighted by molar-refractivity contribution is -0.136. The molecule has 5 heteroatoms. The van der Waals surface area contributed by atoms with Crippen molar-refractivity contribution in [1.82, 2.24) is 0 Å². The first kappa shape index (κ1) is 18.2. The molecular formula is C8H20O5. The van der Waals surface area contributed by atoms with Crippen molar-refractivity contribution in [3.05, 3.63) is 0 Å². The van der Waals surface area contributed by atoms with Crippen LogP contribution in [0.5, 0.6) is 0 Å². The van der Waals surface area contributed by atoms with Gasteiger partial charge in [0.2, 0.25) is 0 Å². The molecule has 0 radical (unpaired) electrons. The van der Waals surface area contributed by atoms with Crippen molar-refractivity contribution in [2.45, 2.75) is 33.0 Å². The largest absolute Gasteiger partial charge is 0.481 e. The minimum atomic E-state index is -1.12. The summed E-state index contributed by atoms with van der Waals surface area (Å²) in [4.78, 5) is 9.37. The van der Waals surface area contributed by atoms with Crippen LogP contribution in [0.2, 0.25) is 0 Å². The number of rotatable bonds is 2. The molecule has 0 aromatic rings. The molecule has 0 aliphatic heterocycles. The Morgan fingerprint density at radius 2 is 1.46 bits per heavy atom. The third kappa shape index (κ3) is 88.4. The van der Waals surface area contributed by atoms with Crippen LogP contribution in [-0.2, 0) is 9.53 Å². The van der Waals surface area contributed by atoms with Gasteiger partial charge in [0, 0.05) is 20.6 Å². The van der Waals surface area contributed by atoms with Crippen LogP contribution in [0.25, 0.3) is 0 Å². The van der Waals surface area contributed by atoms with Crippen molar-refractivity contribution in [2.75, 3.05) is 14.2 Å². The van der Waals surface area contributed by atoms with Crippen LogP contribution in [0.15, 0.2) is 0 Å². The summed E-state index contributed by atoms with van der Waals surface area (Å²) < 4.78 is 4.25. The molecule has 5 nitrogen and oxygen atoms in total. The van der Waals surface area contributed by atoms with E-state index in [0.29, 0.717) is 6.42 Å². The Kier molecular flexibility index (Phi) is 24.4. The number of aliphatic hydroxyl groups excluding tert-OH is 1. The fourth-order valence-electron chi connectivity index (χ4n) is 0.